The fraction of sp³-hybridized carbons (Fsp3) is 1.00. The summed E-state index contributed by atoms with van der Waals surface area (Å²) in [5, 5.41) is 47.7. The topological polar surface area (TPSA) is 120 Å². The molecule has 1 saturated carbocycles. The highest BCUT2D eigenvalue weighted by Crippen LogP contribution is 2.28. The molecule has 0 spiro atoms. The van der Waals surface area contributed by atoms with Crippen LogP contribution in [0.5, 0.6) is 0 Å². The molecule has 0 unspecified atom stereocenters. The van der Waals surface area contributed by atoms with Gasteiger partial charge in [-0.25, -0.2) is 0 Å². The molecule has 0 radical (unpaired) electrons. The van der Waals surface area contributed by atoms with E-state index in [9.17, 15) is 20.4 Å². The molecular formula is C12H22O7. The second-order valence-corrected chi connectivity index (χ2v) is 5.29. The third kappa shape index (κ3) is 3.25. The predicted octanol–water partition coefficient (Wildman–Crippen LogP) is -2.04. The molecule has 0 amide bonds. The summed E-state index contributed by atoms with van der Waals surface area (Å²) in [5.41, 5.74) is 0. The maximum atomic E-state index is 9.76. The summed E-state index contributed by atoms with van der Waals surface area (Å²) >= 11 is 0. The van der Waals surface area contributed by atoms with Crippen molar-refractivity contribution >= 4 is 0 Å². The summed E-state index contributed by atoms with van der Waals surface area (Å²) in [6, 6.07) is 0. The first-order chi connectivity index (χ1) is 9.04. The van der Waals surface area contributed by atoms with Gasteiger partial charge in [-0.1, -0.05) is 6.42 Å². The van der Waals surface area contributed by atoms with Crippen LogP contribution >= 0.6 is 0 Å². The molecule has 0 bridgehead atoms. The van der Waals surface area contributed by atoms with E-state index in [4.69, 9.17) is 14.6 Å². The Morgan fingerprint density at radius 1 is 1.00 bits per heavy atom. The molecule has 112 valence electrons. The fourth-order valence-electron chi connectivity index (χ4n) is 2.64. The molecule has 0 aromatic heterocycles. The summed E-state index contributed by atoms with van der Waals surface area (Å²) in [6.07, 6.45) is -4.15. The highest BCUT2D eigenvalue weighted by molar-refractivity contribution is 4.89. The third-order valence-electron chi connectivity index (χ3n) is 3.94. The van der Waals surface area contributed by atoms with Gasteiger partial charge in [-0.15, -0.1) is 0 Å². The molecule has 2 aliphatic rings. The number of hydrogen-bond acceptors (Lipinski definition) is 7. The molecule has 2 fully saturated rings. The molecule has 7 nitrogen and oxygen atoms in total. The molecule has 0 aromatic rings. The van der Waals surface area contributed by atoms with Crippen LogP contribution in [0, 0.1) is 5.92 Å². The summed E-state index contributed by atoms with van der Waals surface area (Å²) in [6.45, 7) is -0.263. The number of aliphatic hydroxyl groups excluding tert-OH is 5. The Bertz CT molecular complexity index is 285. The van der Waals surface area contributed by atoms with Crippen molar-refractivity contribution in [2.24, 2.45) is 5.92 Å². The molecule has 7 atom stereocenters. The van der Waals surface area contributed by atoms with Gasteiger partial charge in [0.1, 0.15) is 24.4 Å². The van der Waals surface area contributed by atoms with Gasteiger partial charge in [0.15, 0.2) is 6.29 Å². The zero-order chi connectivity index (χ0) is 14.0. The molecule has 2 rings (SSSR count). The van der Waals surface area contributed by atoms with Crippen LogP contribution in [0.25, 0.3) is 0 Å². The predicted molar refractivity (Wildman–Crippen MR) is 63.1 cm³/mol. The summed E-state index contributed by atoms with van der Waals surface area (Å²) < 4.78 is 10.6. The van der Waals surface area contributed by atoms with E-state index in [-0.39, 0.29) is 12.5 Å². The lowest BCUT2D eigenvalue weighted by Gasteiger charge is -2.40. The minimum atomic E-state index is -1.43. The zero-order valence-corrected chi connectivity index (χ0v) is 10.6. The molecule has 7 heteroatoms. The highest BCUT2D eigenvalue weighted by atomic mass is 16.7. The minimum Gasteiger partial charge on any atom is -0.394 e. The third-order valence-corrected chi connectivity index (χ3v) is 3.94. The molecule has 19 heavy (non-hydrogen) atoms. The smallest absolute Gasteiger partial charge is 0.186 e. The minimum absolute atomic E-state index is 0.00707. The van der Waals surface area contributed by atoms with Crippen LogP contribution in [0.1, 0.15) is 19.3 Å². The van der Waals surface area contributed by atoms with Crippen molar-refractivity contribution in [2.45, 2.75) is 56.1 Å². The Hall–Kier alpha value is -0.280. The number of rotatable bonds is 4. The van der Waals surface area contributed by atoms with Crippen molar-refractivity contribution in [3.8, 4) is 0 Å². The van der Waals surface area contributed by atoms with E-state index in [2.05, 4.69) is 0 Å². The summed E-state index contributed by atoms with van der Waals surface area (Å²) in [7, 11) is 0. The van der Waals surface area contributed by atoms with Crippen LogP contribution in [-0.2, 0) is 9.47 Å². The van der Waals surface area contributed by atoms with Crippen LogP contribution in [-0.4, -0.2) is 75.6 Å². The molecule has 5 N–H and O–H groups in total. The standard InChI is InChI=1S/C12H22O7/c13-4-8-9(15)10(16)11(17)12(19-8)18-5-6-2-1-3-7(6)14/h6-17H,1-5H2/t6-,7-,8-,9-,10+,11-,12+/m1/s1. The van der Waals surface area contributed by atoms with Crippen molar-refractivity contribution in [1.82, 2.24) is 0 Å². The molecular weight excluding hydrogens is 256 g/mol. The van der Waals surface area contributed by atoms with Gasteiger partial charge < -0.3 is 35.0 Å². The lowest BCUT2D eigenvalue weighted by molar-refractivity contribution is -0.304. The first kappa shape index (κ1) is 15.1. The van der Waals surface area contributed by atoms with Gasteiger partial charge in [0.25, 0.3) is 0 Å². The molecule has 0 aromatic carbocycles. The van der Waals surface area contributed by atoms with E-state index >= 15 is 0 Å². The second-order valence-electron chi connectivity index (χ2n) is 5.29. The zero-order valence-electron chi connectivity index (χ0n) is 10.6. The van der Waals surface area contributed by atoms with Gasteiger partial charge in [0, 0.05) is 5.92 Å². The van der Waals surface area contributed by atoms with Gasteiger partial charge in [0.05, 0.1) is 19.3 Å². The van der Waals surface area contributed by atoms with Gasteiger partial charge in [0.2, 0.25) is 0 Å². The van der Waals surface area contributed by atoms with E-state index in [1.54, 1.807) is 0 Å². The monoisotopic (exact) mass is 278 g/mol. The lowest BCUT2D eigenvalue weighted by Crippen LogP contribution is -2.59. The summed E-state index contributed by atoms with van der Waals surface area (Å²) in [5.74, 6) is -0.00707. The van der Waals surface area contributed by atoms with Crippen molar-refractivity contribution in [1.29, 1.82) is 0 Å². The largest absolute Gasteiger partial charge is 0.394 e. The molecule has 1 heterocycles. The van der Waals surface area contributed by atoms with Crippen LogP contribution in [0.15, 0.2) is 0 Å². The van der Waals surface area contributed by atoms with Crippen molar-refractivity contribution in [2.75, 3.05) is 13.2 Å². The van der Waals surface area contributed by atoms with Gasteiger partial charge >= 0.3 is 0 Å². The number of ether oxygens (including phenoxy) is 2. The lowest BCUT2D eigenvalue weighted by atomic mass is 9.99. The highest BCUT2D eigenvalue weighted by Gasteiger charge is 2.44. The Labute approximate surface area is 111 Å². The Kier molecular flexibility index (Phi) is 5.13. The Balaban J connectivity index is 1.88. The van der Waals surface area contributed by atoms with Crippen molar-refractivity contribution < 1.29 is 35.0 Å². The first-order valence-corrected chi connectivity index (χ1v) is 6.64. The molecule has 1 aliphatic heterocycles. The van der Waals surface area contributed by atoms with Crippen LogP contribution in [0.4, 0.5) is 0 Å². The van der Waals surface area contributed by atoms with E-state index < -0.39 is 43.4 Å². The van der Waals surface area contributed by atoms with Crippen LogP contribution in [0.2, 0.25) is 0 Å². The molecule has 1 aliphatic carbocycles. The van der Waals surface area contributed by atoms with Crippen molar-refractivity contribution in [3.63, 3.8) is 0 Å². The average molecular weight is 278 g/mol. The normalized spacial score (nSPS) is 47.5. The van der Waals surface area contributed by atoms with Crippen LogP contribution in [0.3, 0.4) is 0 Å². The number of hydrogen-bond donors (Lipinski definition) is 5. The second kappa shape index (κ2) is 6.45. The first-order valence-electron chi connectivity index (χ1n) is 6.64. The van der Waals surface area contributed by atoms with E-state index in [1.165, 1.54) is 0 Å². The van der Waals surface area contributed by atoms with Gasteiger partial charge in [-0.3, -0.25) is 0 Å². The van der Waals surface area contributed by atoms with Crippen molar-refractivity contribution in [3.05, 3.63) is 0 Å². The van der Waals surface area contributed by atoms with Gasteiger partial charge in [-0.2, -0.15) is 0 Å². The maximum Gasteiger partial charge on any atom is 0.186 e. The maximum absolute atomic E-state index is 9.76. The number of aliphatic hydroxyl groups is 5. The molecule has 1 saturated heterocycles. The van der Waals surface area contributed by atoms with Gasteiger partial charge in [-0.05, 0) is 12.8 Å². The summed E-state index contributed by atoms with van der Waals surface area (Å²) in [4.78, 5) is 0. The SMILES string of the molecule is OC[C@H]1O[C@H](OC[C@H]2CCC[C@H]2O)[C@H](O)[C@@H](O)[C@@H]1O. The van der Waals surface area contributed by atoms with E-state index in [0.717, 1.165) is 19.3 Å². The average Bonchev–Trinajstić information content (AvgIpc) is 2.81. The van der Waals surface area contributed by atoms with E-state index in [0.29, 0.717) is 0 Å². The van der Waals surface area contributed by atoms with E-state index in [1.807, 2.05) is 0 Å². The Morgan fingerprint density at radius 3 is 2.32 bits per heavy atom. The van der Waals surface area contributed by atoms with Crippen LogP contribution < -0.4 is 0 Å². The quantitative estimate of drug-likeness (QED) is 0.402. The Morgan fingerprint density at radius 2 is 1.74 bits per heavy atom. The fourth-order valence-corrected chi connectivity index (χ4v) is 2.64.